The standard InChI is InChI=1S/C12H9N.C9H6N4/c1-3-7-11-9(5-1)10-6-2-4-8-12(10)13-11;1-2-4-7-6(3-1)12-8-9(13-7)11-5-10-8/h1-8,13H;1-5H,(H,10,11,12,13). The van der Waals surface area contributed by atoms with E-state index in [1.54, 1.807) is 6.33 Å². The zero-order valence-electron chi connectivity index (χ0n) is 13.8. The molecule has 6 aromatic rings. The van der Waals surface area contributed by atoms with Crippen molar-refractivity contribution in [2.24, 2.45) is 0 Å². The largest absolute Gasteiger partial charge is 0.355 e. The van der Waals surface area contributed by atoms with Crippen LogP contribution in [0.5, 0.6) is 0 Å². The molecule has 0 amide bonds. The second-order valence-electron chi connectivity index (χ2n) is 6.00. The summed E-state index contributed by atoms with van der Waals surface area (Å²) in [6.07, 6.45) is 1.60. The summed E-state index contributed by atoms with van der Waals surface area (Å²) in [4.78, 5) is 19.0. The van der Waals surface area contributed by atoms with Crippen molar-refractivity contribution < 1.29 is 0 Å². The summed E-state index contributed by atoms with van der Waals surface area (Å²) in [5, 5.41) is 2.61. The summed E-state index contributed by atoms with van der Waals surface area (Å²) in [6, 6.07) is 24.5. The number of H-pyrrole nitrogens is 2. The Kier molecular flexibility index (Phi) is 3.35. The van der Waals surface area contributed by atoms with Gasteiger partial charge in [0.1, 0.15) is 0 Å². The summed E-state index contributed by atoms with van der Waals surface area (Å²) in [5.74, 6) is 0. The second kappa shape index (κ2) is 5.97. The van der Waals surface area contributed by atoms with E-state index in [1.165, 1.54) is 21.8 Å². The first-order valence-electron chi connectivity index (χ1n) is 8.40. The maximum atomic E-state index is 4.36. The van der Waals surface area contributed by atoms with Crippen molar-refractivity contribution in [3.63, 3.8) is 0 Å². The van der Waals surface area contributed by atoms with Crippen molar-refractivity contribution in [1.29, 1.82) is 0 Å². The molecule has 0 atom stereocenters. The number of para-hydroxylation sites is 4. The van der Waals surface area contributed by atoms with Gasteiger partial charge in [0.15, 0.2) is 11.3 Å². The summed E-state index contributed by atoms with van der Waals surface area (Å²) in [5.41, 5.74) is 5.59. The Morgan fingerprint density at radius 2 is 1.19 bits per heavy atom. The third kappa shape index (κ3) is 2.46. The van der Waals surface area contributed by atoms with Gasteiger partial charge in [-0.1, -0.05) is 48.5 Å². The number of aromatic amines is 2. The van der Waals surface area contributed by atoms with Crippen molar-refractivity contribution >= 4 is 44.1 Å². The smallest absolute Gasteiger partial charge is 0.197 e. The fraction of sp³-hybridized carbons (Fsp3) is 0. The zero-order chi connectivity index (χ0) is 17.3. The fourth-order valence-corrected chi connectivity index (χ4v) is 3.13. The van der Waals surface area contributed by atoms with Gasteiger partial charge in [-0.05, 0) is 24.3 Å². The van der Waals surface area contributed by atoms with E-state index in [2.05, 4.69) is 73.5 Å². The Labute approximate surface area is 148 Å². The molecule has 124 valence electrons. The van der Waals surface area contributed by atoms with E-state index in [-0.39, 0.29) is 0 Å². The second-order valence-corrected chi connectivity index (χ2v) is 6.00. The molecule has 0 aliphatic heterocycles. The average Bonchev–Trinajstić information content (AvgIpc) is 3.30. The lowest BCUT2D eigenvalue weighted by atomic mass is 10.2. The maximum Gasteiger partial charge on any atom is 0.197 e. The van der Waals surface area contributed by atoms with Gasteiger partial charge in [0.25, 0.3) is 0 Å². The topological polar surface area (TPSA) is 70.2 Å². The highest BCUT2D eigenvalue weighted by molar-refractivity contribution is 6.06. The van der Waals surface area contributed by atoms with E-state index in [0.29, 0.717) is 5.65 Å². The summed E-state index contributed by atoms with van der Waals surface area (Å²) >= 11 is 0. The van der Waals surface area contributed by atoms with Gasteiger partial charge >= 0.3 is 0 Å². The van der Waals surface area contributed by atoms with Crippen LogP contribution in [-0.4, -0.2) is 24.9 Å². The molecule has 0 spiro atoms. The molecule has 5 heteroatoms. The molecule has 2 N–H and O–H groups in total. The van der Waals surface area contributed by atoms with Gasteiger partial charge in [-0.2, -0.15) is 0 Å². The predicted molar refractivity (Wildman–Crippen MR) is 105 cm³/mol. The first-order chi connectivity index (χ1) is 12.9. The number of imidazole rings is 1. The highest BCUT2D eigenvalue weighted by Gasteiger charge is 2.01. The van der Waals surface area contributed by atoms with Crippen LogP contribution in [0.1, 0.15) is 0 Å². The Morgan fingerprint density at radius 3 is 1.88 bits per heavy atom. The molecule has 0 aliphatic rings. The molecule has 3 heterocycles. The van der Waals surface area contributed by atoms with Gasteiger partial charge in [-0.3, -0.25) is 0 Å². The summed E-state index contributed by atoms with van der Waals surface area (Å²) in [6.45, 7) is 0. The Balaban J connectivity index is 0.000000115. The van der Waals surface area contributed by atoms with Crippen LogP contribution in [-0.2, 0) is 0 Å². The van der Waals surface area contributed by atoms with Crippen LogP contribution >= 0.6 is 0 Å². The van der Waals surface area contributed by atoms with Crippen LogP contribution in [0.25, 0.3) is 44.1 Å². The molecule has 5 nitrogen and oxygen atoms in total. The summed E-state index contributed by atoms with van der Waals surface area (Å²) in [7, 11) is 0. The van der Waals surface area contributed by atoms with E-state index in [4.69, 9.17) is 0 Å². The van der Waals surface area contributed by atoms with Crippen LogP contribution in [0.15, 0.2) is 79.1 Å². The normalized spacial score (nSPS) is 11.1. The van der Waals surface area contributed by atoms with E-state index >= 15 is 0 Å². The van der Waals surface area contributed by atoms with E-state index < -0.39 is 0 Å². The summed E-state index contributed by atoms with van der Waals surface area (Å²) < 4.78 is 0. The van der Waals surface area contributed by atoms with Gasteiger partial charge in [0.2, 0.25) is 0 Å². The average molecular weight is 337 g/mol. The Hall–Kier alpha value is -3.73. The van der Waals surface area contributed by atoms with Crippen molar-refractivity contribution in [1.82, 2.24) is 24.9 Å². The van der Waals surface area contributed by atoms with Crippen molar-refractivity contribution in [2.45, 2.75) is 0 Å². The molecule has 0 fully saturated rings. The van der Waals surface area contributed by atoms with E-state index in [1.807, 2.05) is 24.3 Å². The number of nitrogens with zero attached hydrogens (tertiary/aromatic N) is 3. The van der Waals surface area contributed by atoms with Crippen LogP contribution in [0, 0.1) is 0 Å². The minimum atomic E-state index is 0.665. The quantitative estimate of drug-likeness (QED) is 0.417. The minimum Gasteiger partial charge on any atom is -0.355 e. The number of nitrogens with one attached hydrogen (secondary N) is 2. The molecule has 6 rings (SSSR count). The van der Waals surface area contributed by atoms with Gasteiger partial charge < -0.3 is 9.97 Å². The number of hydrogen-bond donors (Lipinski definition) is 2. The van der Waals surface area contributed by atoms with Gasteiger partial charge in [0, 0.05) is 21.8 Å². The number of fused-ring (bicyclic) bond motifs is 5. The Bertz CT molecular complexity index is 1230. The molecule has 3 aromatic carbocycles. The molecule has 0 unspecified atom stereocenters. The molecule has 3 aromatic heterocycles. The SMILES string of the molecule is c1ccc2c(c1)[nH]c1ccccc12.c1ccc2nc3[nH]cnc3nc2c1. The zero-order valence-corrected chi connectivity index (χ0v) is 13.8. The third-order valence-corrected chi connectivity index (χ3v) is 4.35. The first kappa shape index (κ1) is 14.6. The first-order valence-corrected chi connectivity index (χ1v) is 8.40. The molecule has 0 saturated heterocycles. The number of aromatic nitrogens is 5. The highest BCUT2D eigenvalue weighted by atomic mass is 15.0. The fourth-order valence-electron chi connectivity index (χ4n) is 3.13. The minimum absolute atomic E-state index is 0.665. The van der Waals surface area contributed by atoms with Crippen molar-refractivity contribution in [3.8, 4) is 0 Å². The lowest BCUT2D eigenvalue weighted by Gasteiger charge is -1.93. The van der Waals surface area contributed by atoms with Crippen LogP contribution in [0.3, 0.4) is 0 Å². The highest BCUT2D eigenvalue weighted by Crippen LogP contribution is 2.24. The molecule has 0 bridgehead atoms. The maximum absolute atomic E-state index is 4.36. The molecule has 0 aliphatic carbocycles. The lowest BCUT2D eigenvalue weighted by Crippen LogP contribution is -1.85. The lowest BCUT2D eigenvalue weighted by molar-refractivity contribution is 1.32. The van der Waals surface area contributed by atoms with Gasteiger partial charge in [0.05, 0.1) is 17.4 Å². The van der Waals surface area contributed by atoms with E-state index in [0.717, 1.165) is 16.7 Å². The molecule has 0 saturated carbocycles. The van der Waals surface area contributed by atoms with Gasteiger partial charge in [-0.15, -0.1) is 0 Å². The van der Waals surface area contributed by atoms with Crippen LogP contribution < -0.4 is 0 Å². The third-order valence-electron chi connectivity index (χ3n) is 4.35. The molecule has 26 heavy (non-hydrogen) atoms. The number of benzene rings is 3. The van der Waals surface area contributed by atoms with Crippen molar-refractivity contribution in [2.75, 3.05) is 0 Å². The number of hydrogen-bond acceptors (Lipinski definition) is 3. The van der Waals surface area contributed by atoms with Crippen LogP contribution in [0.2, 0.25) is 0 Å². The number of rotatable bonds is 0. The van der Waals surface area contributed by atoms with Crippen LogP contribution in [0.4, 0.5) is 0 Å². The van der Waals surface area contributed by atoms with Gasteiger partial charge in [-0.25, -0.2) is 15.0 Å². The van der Waals surface area contributed by atoms with Crippen molar-refractivity contribution in [3.05, 3.63) is 79.1 Å². The molecular weight excluding hydrogens is 322 g/mol. The molecular formula is C21H15N5. The Morgan fingerprint density at radius 1 is 0.615 bits per heavy atom. The van der Waals surface area contributed by atoms with E-state index in [9.17, 15) is 0 Å². The predicted octanol–water partition coefficient (Wildman–Crippen LogP) is 4.83. The monoisotopic (exact) mass is 337 g/mol. The molecule has 0 radical (unpaired) electrons.